The van der Waals surface area contributed by atoms with Gasteiger partial charge in [-0.05, 0) is 6.92 Å². The molecule has 0 unspecified atom stereocenters. The first kappa shape index (κ1) is 9.22. The SMILES string of the molecule is Cc1ccc([Si]c2ccccc2)cc1. The van der Waals surface area contributed by atoms with Gasteiger partial charge in [0.25, 0.3) is 0 Å². The van der Waals surface area contributed by atoms with Gasteiger partial charge in [-0.3, -0.25) is 0 Å². The van der Waals surface area contributed by atoms with Crippen molar-refractivity contribution >= 4 is 19.9 Å². The number of rotatable bonds is 2. The van der Waals surface area contributed by atoms with Gasteiger partial charge in [-0.25, -0.2) is 0 Å². The predicted molar refractivity (Wildman–Crippen MR) is 62.6 cm³/mol. The lowest BCUT2D eigenvalue weighted by molar-refractivity contribution is 1.49. The molecule has 1 heteroatoms. The molecule has 68 valence electrons. The molecule has 0 nitrogen and oxygen atoms in total. The third-order valence-electron chi connectivity index (χ3n) is 2.11. The van der Waals surface area contributed by atoms with Gasteiger partial charge in [-0.2, -0.15) is 0 Å². The molecule has 0 saturated carbocycles. The van der Waals surface area contributed by atoms with Gasteiger partial charge in [-0.15, -0.1) is 0 Å². The molecule has 0 heterocycles. The van der Waals surface area contributed by atoms with Crippen molar-refractivity contribution in [1.29, 1.82) is 0 Å². The lowest BCUT2D eigenvalue weighted by atomic mass is 10.2. The summed E-state index contributed by atoms with van der Waals surface area (Å²) in [5.74, 6) is 0. The number of hydrogen-bond donors (Lipinski definition) is 0. The lowest BCUT2D eigenvalue weighted by Crippen LogP contribution is -2.26. The van der Waals surface area contributed by atoms with Crippen molar-refractivity contribution in [2.24, 2.45) is 0 Å². The zero-order chi connectivity index (χ0) is 9.80. The molecule has 0 aliphatic carbocycles. The lowest BCUT2D eigenvalue weighted by Gasteiger charge is -2.00. The van der Waals surface area contributed by atoms with Crippen LogP contribution in [0, 0.1) is 6.92 Å². The molecule has 2 radical (unpaired) electrons. The van der Waals surface area contributed by atoms with Crippen molar-refractivity contribution in [3.05, 3.63) is 60.2 Å². The summed E-state index contributed by atoms with van der Waals surface area (Å²) in [6.45, 7) is 2.12. The van der Waals surface area contributed by atoms with E-state index in [1.807, 2.05) is 0 Å². The van der Waals surface area contributed by atoms with Crippen molar-refractivity contribution in [3.8, 4) is 0 Å². The van der Waals surface area contributed by atoms with Gasteiger partial charge >= 0.3 is 0 Å². The first-order valence-corrected chi connectivity index (χ1v) is 5.73. The maximum Gasteiger partial charge on any atom is 0.121 e. The normalized spacial score (nSPS) is 10.1. The average Bonchev–Trinajstić information content (AvgIpc) is 2.23. The number of benzene rings is 2. The zero-order valence-corrected chi connectivity index (χ0v) is 9.20. The fourth-order valence-electron chi connectivity index (χ4n) is 1.33. The Morgan fingerprint density at radius 1 is 0.714 bits per heavy atom. The highest BCUT2D eigenvalue weighted by Crippen LogP contribution is 1.92. The molecule has 2 aromatic carbocycles. The molecular formula is C13H12Si. The van der Waals surface area contributed by atoms with Crippen molar-refractivity contribution in [2.75, 3.05) is 0 Å². The molecular weight excluding hydrogens is 184 g/mol. The van der Waals surface area contributed by atoms with Gasteiger partial charge in [0, 0.05) is 0 Å². The van der Waals surface area contributed by atoms with Crippen LogP contribution in [-0.2, 0) is 0 Å². The highest BCUT2D eigenvalue weighted by molar-refractivity contribution is 6.67. The van der Waals surface area contributed by atoms with E-state index in [0.717, 1.165) is 9.52 Å². The smallest absolute Gasteiger partial charge is 0.0631 e. The van der Waals surface area contributed by atoms with Crippen molar-refractivity contribution in [2.45, 2.75) is 6.92 Å². The summed E-state index contributed by atoms with van der Waals surface area (Å²) in [4.78, 5) is 0. The molecule has 0 N–H and O–H groups in total. The molecule has 0 fully saturated rings. The topological polar surface area (TPSA) is 0 Å². The summed E-state index contributed by atoms with van der Waals surface area (Å²) in [5, 5.41) is 2.80. The van der Waals surface area contributed by atoms with E-state index in [1.54, 1.807) is 0 Å². The summed E-state index contributed by atoms with van der Waals surface area (Å²) >= 11 is 0. The first-order valence-electron chi connectivity index (χ1n) is 4.73. The minimum atomic E-state index is 0.773. The van der Waals surface area contributed by atoms with Crippen LogP contribution in [0.2, 0.25) is 0 Å². The standard InChI is InChI=1S/C13H12Si/c1-11-7-9-13(10-8-11)14-12-5-3-2-4-6-12/h2-10H,1H3. The minimum absolute atomic E-state index is 0.773. The van der Waals surface area contributed by atoms with Crippen molar-refractivity contribution in [1.82, 2.24) is 0 Å². The second-order valence-electron chi connectivity index (χ2n) is 3.36. The fraction of sp³-hybridized carbons (Fsp3) is 0.0769. The van der Waals surface area contributed by atoms with Crippen LogP contribution in [0.5, 0.6) is 0 Å². The molecule has 0 aliphatic rings. The minimum Gasteiger partial charge on any atom is -0.0631 e. The van der Waals surface area contributed by atoms with Crippen LogP contribution in [-0.4, -0.2) is 9.52 Å². The molecule has 0 bridgehead atoms. The van der Waals surface area contributed by atoms with E-state index < -0.39 is 0 Å². The highest BCUT2D eigenvalue weighted by atomic mass is 28.2. The van der Waals surface area contributed by atoms with Gasteiger partial charge in [0.1, 0.15) is 9.52 Å². The summed E-state index contributed by atoms with van der Waals surface area (Å²) in [6, 6.07) is 19.4. The Labute approximate surface area is 87.4 Å². The molecule has 0 aromatic heterocycles. The molecule has 0 amide bonds. The van der Waals surface area contributed by atoms with Gasteiger partial charge in [0.05, 0.1) is 0 Å². The van der Waals surface area contributed by atoms with Crippen LogP contribution in [0.1, 0.15) is 5.56 Å². The average molecular weight is 196 g/mol. The fourth-order valence-corrected chi connectivity index (χ4v) is 2.35. The van der Waals surface area contributed by atoms with E-state index in [2.05, 4.69) is 61.5 Å². The van der Waals surface area contributed by atoms with E-state index >= 15 is 0 Å². The van der Waals surface area contributed by atoms with Gasteiger partial charge in [0.15, 0.2) is 0 Å². The van der Waals surface area contributed by atoms with Crippen LogP contribution in [0.25, 0.3) is 0 Å². The first-order chi connectivity index (χ1) is 6.84. The third-order valence-corrected chi connectivity index (χ3v) is 3.36. The maximum absolute atomic E-state index is 2.21. The van der Waals surface area contributed by atoms with E-state index in [9.17, 15) is 0 Å². The Morgan fingerprint density at radius 3 is 1.93 bits per heavy atom. The van der Waals surface area contributed by atoms with Gasteiger partial charge < -0.3 is 0 Å². The highest BCUT2D eigenvalue weighted by Gasteiger charge is 1.96. The van der Waals surface area contributed by atoms with Crippen molar-refractivity contribution < 1.29 is 0 Å². The van der Waals surface area contributed by atoms with Crippen LogP contribution < -0.4 is 10.4 Å². The number of hydrogen-bond acceptors (Lipinski definition) is 0. The summed E-state index contributed by atoms with van der Waals surface area (Å²) in [5.41, 5.74) is 1.33. The van der Waals surface area contributed by atoms with E-state index in [1.165, 1.54) is 15.9 Å². The zero-order valence-electron chi connectivity index (χ0n) is 8.20. The van der Waals surface area contributed by atoms with Crippen LogP contribution in [0.4, 0.5) is 0 Å². The van der Waals surface area contributed by atoms with Gasteiger partial charge in [-0.1, -0.05) is 70.5 Å². The molecule has 14 heavy (non-hydrogen) atoms. The van der Waals surface area contributed by atoms with Crippen LogP contribution >= 0.6 is 0 Å². The Morgan fingerprint density at radius 2 is 1.29 bits per heavy atom. The Bertz CT molecular complexity index is 389. The Kier molecular flexibility index (Phi) is 2.80. The summed E-state index contributed by atoms with van der Waals surface area (Å²) in [7, 11) is 0.773. The van der Waals surface area contributed by atoms with Crippen LogP contribution in [0.15, 0.2) is 54.6 Å². The van der Waals surface area contributed by atoms with E-state index in [-0.39, 0.29) is 0 Å². The van der Waals surface area contributed by atoms with Crippen molar-refractivity contribution in [3.63, 3.8) is 0 Å². The monoisotopic (exact) mass is 196 g/mol. The molecule has 0 aliphatic heterocycles. The van der Waals surface area contributed by atoms with Crippen LogP contribution in [0.3, 0.4) is 0 Å². The Hall–Kier alpha value is -1.34. The second-order valence-corrected chi connectivity index (χ2v) is 4.76. The largest absolute Gasteiger partial charge is 0.121 e. The van der Waals surface area contributed by atoms with E-state index in [4.69, 9.17) is 0 Å². The summed E-state index contributed by atoms with van der Waals surface area (Å²) < 4.78 is 0. The third kappa shape index (κ3) is 2.33. The molecule has 2 rings (SSSR count). The molecule has 0 spiro atoms. The quantitative estimate of drug-likeness (QED) is 0.641. The summed E-state index contributed by atoms with van der Waals surface area (Å²) in [6.07, 6.45) is 0. The van der Waals surface area contributed by atoms with Gasteiger partial charge in [0.2, 0.25) is 0 Å². The Balaban J connectivity index is 2.16. The molecule has 0 atom stereocenters. The molecule has 2 aromatic rings. The number of aryl methyl sites for hydroxylation is 1. The second kappa shape index (κ2) is 4.25. The molecule has 0 saturated heterocycles. The maximum atomic E-state index is 2.21. The van der Waals surface area contributed by atoms with E-state index in [0.29, 0.717) is 0 Å². The predicted octanol–water partition coefficient (Wildman–Crippen LogP) is 1.65.